The fourth-order valence-corrected chi connectivity index (χ4v) is 5.70. The maximum absolute atomic E-state index is 13.3. The number of nitrogens with one attached hydrogen (secondary N) is 1. The third-order valence-corrected chi connectivity index (χ3v) is 8.82. The Hall–Kier alpha value is -3.36. The maximum Gasteiger partial charge on any atom is 0.242 e. The molecule has 0 atom stereocenters. The van der Waals surface area contributed by atoms with Crippen molar-refractivity contribution in [3.8, 4) is 22.6 Å². The Morgan fingerprint density at radius 2 is 1.72 bits per heavy atom. The lowest BCUT2D eigenvalue weighted by Crippen LogP contribution is -2.27. The number of hydrogen-bond acceptors (Lipinski definition) is 5. The molecule has 2 aliphatic rings. The van der Waals surface area contributed by atoms with Crippen LogP contribution in [0.5, 0.6) is 11.5 Å². The molecule has 8 heteroatoms. The van der Waals surface area contributed by atoms with E-state index in [1.165, 1.54) is 4.31 Å². The van der Waals surface area contributed by atoms with Gasteiger partial charge in [-0.1, -0.05) is 43.7 Å². The number of nitrogens with zero attached hydrogens (tertiary/aromatic N) is 1. The number of ether oxygens (including phenoxy) is 2. The van der Waals surface area contributed by atoms with Crippen molar-refractivity contribution in [1.29, 1.82) is 0 Å². The second kappa shape index (κ2) is 9.59. The summed E-state index contributed by atoms with van der Waals surface area (Å²) in [6.45, 7) is 2.73. The SMILES string of the molecule is CCCCN(C)S(=O)(=O)c1ccc(-c2cccc(NC(=O)C3(c4ccc5c(c4)OCO5)CC3)c2)cc1. The summed E-state index contributed by atoms with van der Waals surface area (Å²) in [7, 11) is -1.90. The average molecular weight is 507 g/mol. The molecule has 0 unspecified atom stereocenters. The number of rotatable bonds is 9. The van der Waals surface area contributed by atoms with E-state index in [4.69, 9.17) is 9.47 Å². The highest BCUT2D eigenvalue weighted by molar-refractivity contribution is 7.89. The fourth-order valence-electron chi connectivity index (χ4n) is 4.49. The first-order valence-corrected chi connectivity index (χ1v) is 13.7. The number of hydrogen-bond donors (Lipinski definition) is 1. The van der Waals surface area contributed by atoms with E-state index in [-0.39, 0.29) is 17.6 Å². The normalized spacial score (nSPS) is 15.6. The number of benzene rings is 3. The molecule has 1 aliphatic carbocycles. The molecule has 1 N–H and O–H groups in total. The van der Waals surface area contributed by atoms with Crippen LogP contribution in [0.15, 0.2) is 71.6 Å². The molecule has 7 nitrogen and oxygen atoms in total. The summed E-state index contributed by atoms with van der Waals surface area (Å²) in [4.78, 5) is 13.6. The largest absolute Gasteiger partial charge is 0.454 e. The van der Waals surface area contributed by atoms with Crippen molar-refractivity contribution < 1.29 is 22.7 Å². The maximum atomic E-state index is 13.3. The van der Waals surface area contributed by atoms with Gasteiger partial charge in [0.1, 0.15) is 0 Å². The predicted molar refractivity (Wildman–Crippen MR) is 139 cm³/mol. The second-order valence-electron chi connectivity index (χ2n) is 9.39. The van der Waals surface area contributed by atoms with Crippen LogP contribution in [0.1, 0.15) is 38.2 Å². The van der Waals surface area contributed by atoms with Gasteiger partial charge in [0.2, 0.25) is 22.7 Å². The number of anilines is 1. The van der Waals surface area contributed by atoms with Gasteiger partial charge >= 0.3 is 0 Å². The molecule has 1 aliphatic heterocycles. The van der Waals surface area contributed by atoms with Crippen LogP contribution in [-0.4, -0.2) is 39.0 Å². The van der Waals surface area contributed by atoms with Crippen molar-refractivity contribution >= 4 is 21.6 Å². The van der Waals surface area contributed by atoms with Gasteiger partial charge in [-0.3, -0.25) is 4.79 Å². The molecular weight excluding hydrogens is 476 g/mol. The Labute approximate surface area is 212 Å². The van der Waals surface area contributed by atoms with Gasteiger partial charge in [0.05, 0.1) is 10.3 Å². The smallest absolute Gasteiger partial charge is 0.242 e. The van der Waals surface area contributed by atoms with E-state index in [1.807, 2.05) is 49.4 Å². The van der Waals surface area contributed by atoms with Crippen LogP contribution in [0, 0.1) is 0 Å². The van der Waals surface area contributed by atoms with Crippen molar-refractivity contribution in [3.05, 3.63) is 72.3 Å². The van der Waals surface area contributed by atoms with E-state index in [2.05, 4.69) is 5.32 Å². The lowest BCUT2D eigenvalue weighted by molar-refractivity contribution is -0.118. The summed E-state index contributed by atoms with van der Waals surface area (Å²) >= 11 is 0. The molecule has 0 spiro atoms. The first-order chi connectivity index (χ1) is 17.3. The molecule has 0 aromatic heterocycles. The Bertz CT molecular complexity index is 1380. The number of sulfonamides is 1. The van der Waals surface area contributed by atoms with Gasteiger partial charge in [-0.15, -0.1) is 0 Å². The zero-order valence-electron chi connectivity index (χ0n) is 20.5. The first kappa shape index (κ1) is 24.3. The van der Waals surface area contributed by atoms with E-state index in [1.54, 1.807) is 31.3 Å². The highest BCUT2D eigenvalue weighted by Crippen LogP contribution is 2.51. The van der Waals surface area contributed by atoms with Gasteiger partial charge in [-0.25, -0.2) is 12.7 Å². The topological polar surface area (TPSA) is 84.9 Å². The zero-order chi connectivity index (χ0) is 25.3. The van der Waals surface area contributed by atoms with Crippen molar-refractivity contribution in [3.63, 3.8) is 0 Å². The molecule has 0 bridgehead atoms. The van der Waals surface area contributed by atoms with Crippen LogP contribution in [-0.2, 0) is 20.2 Å². The van der Waals surface area contributed by atoms with Gasteiger partial charge in [-0.05, 0) is 72.4 Å². The molecule has 1 amide bonds. The Morgan fingerprint density at radius 3 is 2.44 bits per heavy atom. The van der Waals surface area contributed by atoms with Crippen LogP contribution in [0.3, 0.4) is 0 Å². The molecule has 3 aromatic rings. The van der Waals surface area contributed by atoms with Crippen molar-refractivity contribution in [2.75, 3.05) is 25.7 Å². The summed E-state index contributed by atoms with van der Waals surface area (Å²) in [5.41, 5.74) is 2.83. The van der Waals surface area contributed by atoms with E-state index >= 15 is 0 Å². The standard InChI is InChI=1S/C28H30N2O5S/c1-3-4-16-30(2)36(32,33)24-11-8-20(9-12-24)21-6-5-7-23(17-21)29-27(31)28(14-15-28)22-10-13-25-26(18-22)35-19-34-25/h5-13,17-18H,3-4,14-16,19H2,1-2H3,(H,29,31). The average Bonchev–Trinajstić information content (AvgIpc) is 3.58. The number of fused-ring (bicyclic) bond motifs is 1. The van der Waals surface area contributed by atoms with Gasteiger partial charge in [0.15, 0.2) is 11.5 Å². The van der Waals surface area contributed by atoms with Crippen LogP contribution in [0.2, 0.25) is 0 Å². The molecule has 1 saturated carbocycles. The van der Waals surface area contributed by atoms with E-state index < -0.39 is 15.4 Å². The Kier molecular flexibility index (Phi) is 6.49. The molecule has 0 radical (unpaired) electrons. The fraction of sp³-hybridized carbons (Fsp3) is 0.321. The quantitative estimate of drug-likeness (QED) is 0.433. The van der Waals surface area contributed by atoms with Gasteiger partial charge in [0, 0.05) is 19.3 Å². The van der Waals surface area contributed by atoms with Crippen LogP contribution < -0.4 is 14.8 Å². The summed E-state index contributed by atoms with van der Waals surface area (Å²) in [5, 5.41) is 3.08. The molecular formula is C28H30N2O5S. The minimum Gasteiger partial charge on any atom is -0.454 e. The van der Waals surface area contributed by atoms with Gasteiger partial charge in [-0.2, -0.15) is 0 Å². The molecule has 36 heavy (non-hydrogen) atoms. The number of carbonyl (C=O) groups excluding carboxylic acids is 1. The summed E-state index contributed by atoms with van der Waals surface area (Å²) in [6.07, 6.45) is 3.31. The van der Waals surface area contributed by atoms with E-state index in [0.29, 0.717) is 23.7 Å². The van der Waals surface area contributed by atoms with E-state index in [9.17, 15) is 13.2 Å². The Balaban J connectivity index is 1.31. The monoisotopic (exact) mass is 506 g/mol. The minimum atomic E-state index is -3.51. The molecule has 0 saturated heterocycles. The molecule has 3 aromatic carbocycles. The van der Waals surface area contributed by atoms with Gasteiger partial charge < -0.3 is 14.8 Å². The third-order valence-electron chi connectivity index (χ3n) is 6.95. The van der Waals surface area contributed by atoms with Crippen molar-refractivity contribution in [1.82, 2.24) is 4.31 Å². The van der Waals surface area contributed by atoms with E-state index in [0.717, 1.165) is 42.4 Å². The molecule has 1 heterocycles. The summed E-state index contributed by atoms with van der Waals surface area (Å²) < 4.78 is 37.9. The summed E-state index contributed by atoms with van der Waals surface area (Å²) in [5.74, 6) is 1.33. The van der Waals surface area contributed by atoms with Crippen molar-refractivity contribution in [2.45, 2.75) is 42.9 Å². The second-order valence-corrected chi connectivity index (χ2v) is 11.4. The zero-order valence-corrected chi connectivity index (χ0v) is 21.3. The summed E-state index contributed by atoms with van der Waals surface area (Å²) in [6, 6.07) is 20.2. The molecule has 5 rings (SSSR count). The van der Waals surface area contributed by atoms with Gasteiger partial charge in [0.25, 0.3) is 0 Å². The van der Waals surface area contributed by atoms with Crippen LogP contribution in [0.25, 0.3) is 11.1 Å². The third kappa shape index (κ3) is 4.58. The molecule has 188 valence electrons. The highest BCUT2D eigenvalue weighted by atomic mass is 32.2. The minimum absolute atomic E-state index is 0.0462. The number of unbranched alkanes of at least 4 members (excludes halogenated alkanes) is 1. The van der Waals surface area contributed by atoms with Crippen molar-refractivity contribution in [2.24, 2.45) is 0 Å². The van der Waals surface area contributed by atoms with Crippen LogP contribution >= 0.6 is 0 Å². The van der Waals surface area contributed by atoms with Crippen LogP contribution in [0.4, 0.5) is 5.69 Å². The Morgan fingerprint density at radius 1 is 0.972 bits per heavy atom. The number of carbonyl (C=O) groups is 1. The predicted octanol–water partition coefficient (Wildman–Crippen LogP) is 5.17. The highest BCUT2D eigenvalue weighted by Gasteiger charge is 2.51. The first-order valence-electron chi connectivity index (χ1n) is 12.2. The lowest BCUT2D eigenvalue weighted by Gasteiger charge is -2.17. The number of amides is 1. The lowest BCUT2D eigenvalue weighted by atomic mass is 9.94. The molecule has 1 fully saturated rings.